The molecule has 0 aliphatic heterocycles. The second-order valence-electron chi connectivity index (χ2n) is 14.7. The lowest BCUT2D eigenvalue weighted by Gasteiger charge is -2.32. The zero-order valence-electron chi connectivity index (χ0n) is 35.4. The Morgan fingerprint density at radius 1 is 0.667 bits per heavy atom. The van der Waals surface area contributed by atoms with Crippen LogP contribution in [-0.4, -0.2) is 63.6 Å². The highest BCUT2D eigenvalue weighted by Gasteiger charge is 2.40. The Kier molecular flexibility index (Phi) is 25.5. The third-order valence-corrected chi connectivity index (χ3v) is 9.51. The summed E-state index contributed by atoms with van der Waals surface area (Å²) >= 11 is 0. The van der Waals surface area contributed by atoms with Crippen molar-refractivity contribution in [3.63, 3.8) is 0 Å². The first kappa shape index (κ1) is 49.4. The average molecular weight is 807 g/mol. The van der Waals surface area contributed by atoms with Crippen molar-refractivity contribution < 1.29 is 56.8 Å². The van der Waals surface area contributed by atoms with Crippen molar-refractivity contribution in [1.29, 1.82) is 0 Å². The van der Waals surface area contributed by atoms with E-state index in [0.717, 1.165) is 51.4 Å². The van der Waals surface area contributed by atoms with E-state index in [-0.39, 0.29) is 49.4 Å². The molecule has 6 unspecified atom stereocenters. The van der Waals surface area contributed by atoms with Gasteiger partial charge in [-0.3, -0.25) is 19.2 Å². The summed E-state index contributed by atoms with van der Waals surface area (Å²) < 4.78 is 41.2. The molecule has 6 atom stereocenters. The summed E-state index contributed by atoms with van der Waals surface area (Å²) in [5.41, 5.74) is 0.155. The number of hydrogen-bond donors (Lipinski definition) is 1. The van der Waals surface area contributed by atoms with Crippen LogP contribution < -0.4 is 0 Å². The summed E-state index contributed by atoms with van der Waals surface area (Å²) in [4.78, 5) is 61.1. The Balaban J connectivity index is 2.50. The van der Waals surface area contributed by atoms with E-state index in [1.165, 1.54) is 38.1 Å². The molecule has 0 amide bonds. The van der Waals surface area contributed by atoms with E-state index in [2.05, 4.69) is 16.9 Å². The number of aliphatic hydroxyl groups is 1. The van der Waals surface area contributed by atoms with Crippen LogP contribution in [0, 0.1) is 0 Å². The maximum absolute atomic E-state index is 13.3. The SMILES string of the molecule is CCCCCCCCCC(O)OC(c1cnco1)c1nc(C(CC(OC(=O)CCCC)C(OC(=O)CCCC)C(C)OC(=O)CCCC)OC(=O)CCCC)co1. The lowest BCUT2D eigenvalue weighted by atomic mass is 10.00. The lowest BCUT2D eigenvalue weighted by Crippen LogP contribution is -2.45. The zero-order valence-corrected chi connectivity index (χ0v) is 35.4. The molecule has 14 heteroatoms. The quantitative estimate of drug-likeness (QED) is 0.0311. The number of carbonyl (C=O) groups is 4. The average Bonchev–Trinajstić information content (AvgIpc) is 3.92. The molecule has 0 aliphatic carbocycles. The van der Waals surface area contributed by atoms with Crippen molar-refractivity contribution in [2.45, 2.75) is 213 Å². The van der Waals surface area contributed by atoms with E-state index in [1.54, 1.807) is 6.92 Å². The number of oxazole rings is 2. The number of rotatable bonds is 33. The second kappa shape index (κ2) is 29.4. The number of hydrogen-bond acceptors (Lipinski definition) is 14. The molecule has 2 heterocycles. The molecule has 0 saturated carbocycles. The smallest absolute Gasteiger partial charge is 0.306 e. The van der Waals surface area contributed by atoms with E-state index in [4.69, 9.17) is 32.5 Å². The van der Waals surface area contributed by atoms with Crippen molar-refractivity contribution in [2.24, 2.45) is 0 Å². The standard InChI is InChI=1S/C43H70N2O12/c1-7-12-17-18-19-20-21-26-40(50)57-42(35-28-44-30-52-35)43-45-32(29-51-43)33(54-37(47)23-14-9-3)27-34(55-38(48)24-15-10-4)41(56-39(49)25-16-11-5)31(6)53-36(46)22-13-8-2/h28-31,33-34,40-42,50H,7-27H2,1-6H3. The summed E-state index contributed by atoms with van der Waals surface area (Å²) in [7, 11) is 0. The summed E-state index contributed by atoms with van der Waals surface area (Å²) in [5, 5.41) is 10.9. The Morgan fingerprint density at radius 3 is 1.75 bits per heavy atom. The van der Waals surface area contributed by atoms with Crippen molar-refractivity contribution in [2.75, 3.05) is 0 Å². The number of esters is 4. The van der Waals surface area contributed by atoms with Gasteiger partial charge in [-0.2, -0.15) is 0 Å². The molecule has 2 aromatic rings. The van der Waals surface area contributed by atoms with Gasteiger partial charge in [0.15, 0.2) is 36.8 Å². The van der Waals surface area contributed by atoms with E-state index in [0.29, 0.717) is 32.1 Å². The Bertz CT molecular complexity index is 1380. The van der Waals surface area contributed by atoms with Gasteiger partial charge in [-0.25, -0.2) is 9.97 Å². The molecule has 1 N–H and O–H groups in total. The molecule has 0 radical (unpaired) electrons. The molecular weight excluding hydrogens is 736 g/mol. The number of ether oxygens (including phenoxy) is 5. The fraction of sp³-hybridized carbons (Fsp3) is 0.767. The molecule has 2 rings (SSSR count). The van der Waals surface area contributed by atoms with Crippen LogP contribution in [0.4, 0.5) is 0 Å². The predicted octanol–water partition coefficient (Wildman–Crippen LogP) is 9.72. The van der Waals surface area contributed by atoms with Gasteiger partial charge in [-0.1, -0.05) is 98.8 Å². The molecule has 0 spiro atoms. The van der Waals surface area contributed by atoms with Gasteiger partial charge >= 0.3 is 23.9 Å². The Labute approximate surface area is 339 Å². The van der Waals surface area contributed by atoms with E-state index >= 15 is 0 Å². The maximum Gasteiger partial charge on any atom is 0.306 e. The van der Waals surface area contributed by atoms with Gasteiger partial charge in [0, 0.05) is 32.1 Å². The predicted molar refractivity (Wildman–Crippen MR) is 211 cm³/mol. The lowest BCUT2D eigenvalue weighted by molar-refractivity contribution is -0.188. The fourth-order valence-electron chi connectivity index (χ4n) is 6.11. The second-order valence-corrected chi connectivity index (χ2v) is 14.7. The molecular formula is C43H70N2O12. The number of aromatic nitrogens is 2. The molecule has 14 nitrogen and oxygen atoms in total. The van der Waals surface area contributed by atoms with Crippen molar-refractivity contribution in [1.82, 2.24) is 9.97 Å². The number of aliphatic hydroxyl groups excluding tert-OH is 1. The first-order valence-electron chi connectivity index (χ1n) is 21.5. The van der Waals surface area contributed by atoms with E-state index < -0.39 is 60.7 Å². The number of carbonyl (C=O) groups excluding carboxylic acids is 4. The summed E-state index contributed by atoms with van der Waals surface area (Å²) in [5.74, 6) is -1.86. The molecule has 57 heavy (non-hydrogen) atoms. The minimum Gasteiger partial charge on any atom is -0.459 e. The van der Waals surface area contributed by atoms with E-state index in [1.807, 2.05) is 27.7 Å². The highest BCUT2D eigenvalue weighted by Crippen LogP contribution is 2.33. The number of nitrogens with zero attached hydrogens (tertiary/aromatic N) is 2. The molecule has 0 aromatic carbocycles. The Hall–Kier alpha value is -3.78. The highest BCUT2D eigenvalue weighted by molar-refractivity contribution is 5.72. The fourth-order valence-corrected chi connectivity index (χ4v) is 6.11. The van der Waals surface area contributed by atoms with Crippen molar-refractivity contribution in [3.8, 4) is 0 Å². The third-order valence-electron chi connectivity index (χ3n) is 9.51. The van der Waals surface area contributed by atoms with Crippen LogP contribution in [0.25, 0.3) is 0 Å². The summed E-state index contributed by atoms with van der Waals surface area (Å²) in [6.07, 6.45) is 10.6. The van der Waals surface area contributed by atoms with Crippen LogP contribution in [-0.2, 0) is 42.9 Å². The molecule has 0 aliphatic rings. The van der Waals surface area contributed by atoms with Gasteiger partial charge < -0.3 is 37.6 Å². The number of unbranched alkanes of at least 4 members (excludes halogenated alkanes) is 10. The molecule has 0 bridgehead atoms. The minimum atomic E-state index is -1.24. The van der Waals surface area contributed by atoms with Crippen LogP contribution >= 0.6 is 0 Å². The normalized spacial score (nSPS) is 14.6. The monoisotopic (exact) mass is 806 g/mol. The van der Waals surface area contributed by atoms with Crippen LogP contribution in [0.15, 0.2) is 27.7 Å². The molecule has 0 saturated heterocycles. The Morgan fingerprint density at radius 2 is 1.19 bits per heavy atom. The van der Waals surface area contributed by atoms with E-state index in [9.17, 15) is 24.3 Å². The first-order chi connectivity index (χ1) is 27.6. The van der Waals surface area contributed by atoms with Gasteiger partial charge in [-0.05, 0) is 45.4 Å². The molecule has 0 fully saturated rings. The molecule has 2 aromatic heterocycles. The van der Waals surface area contributed by atoms with Crippen molar-refractivity contribution in [3.05, 3.63) is 36.2 Å². The summed E-state index contributed by atoms with van der Waals surface area (Å²) in [6, 6.07) is 0. The van der Waals surface area contributed by atoms with Crippen LogP contribution in [0.2, 0.25) is 0 Å². The third kappa shape index (κ3) is 20.0. The zero-order chi connectivity index (χ0) is 41.8. The van der Waals surface area contributed by atoms with Gasteiger partial charge in [0.1, 0.15) is 24.2 Å². The van der Waals surface area contributed by atoms with Crippen molar-refractivity contribution >= 4 is 23.9 Å². The first-order valence-corrected chi connectivity index (χ1v) is 21.5. The van der Waals surface area contributed by atoms with Gasteiger partial charge in [0.25, 0.3) is 0 Å². The van der Waals surface area contributed by atoms with Crippen LogP contribution in [0.5, 0.6) is 0 Å². The van der Waals surface area contributed by atoms with Crippen LogP contribution in [0.3, 0.4) is 0 Å². The highest BCUT2D eigenvalue weighted by atomic mass is 16.6. The maximum atomic E-state index is 13.3. The van der Waals surface area contributed by atoms with Crippen LogP contribution in [0.1, 0.15) is 206 Å². The summed E-state index contributed by atoms with van der Waals surface area (Å²) in [6.45, 7) is 11.6. The van der Waals surface area contributed by atoms with Gasteiger partial charge in [-0.15, -0.1) is 0 Å². The minimum absolute atomic E-state index is 0.00669. The van der Waals surface area contributed by atoms with Gasteiger partial charge in [0.2, 0.25) is 5.89 Å². The van der Waals surface area contributed by atoms with Gasteiger partial charge in [0.05, 0.1) is 6.20 Å². The molecule has 324 valence electrons. The topological polar surface area (TPSA) is 187 Å². The largest absolute Gasteiger partial charge is 0.459 e.